The largest absolute Gasteiger partial charge is 0.454 e. The zero-order chi connectivity index (χ0) is 30.4. The van der Waals surface area contributed by atoms with Gasteiger partial charge in [0, 0.05) is 23.6 Å². The summed E-state index contributed by atoms with van der Waals surface area (Å²) >= 11 is 1.33. The molecule has 0 aromatic heterocycles. The fourth-order valence-electron chi connectivity index (χ4n) is 5.10. The van der Waals surface area contributed by atoms with Crippen molar-refractivity contribution in [1.29, 1.82) is 0 Å². The molecule has 0 spiro atoms. The van der Waals surface area contributed by atoms with Crippen LogP contribution in [0.25, 0.3) is 0 Å². The van der Waals surface area contributed by atoms with E-state index in [1.807, 2.05) is 6.92 Å². The molecule has 6 nitrogen and oxygen atoms in total. The van der Waals surface area contributed by atoms with E-state index < -0.39 is 29.2 Å². The van der Waals surface area contributed by atoms with Gasteiger partial charge in [0.05, 0.1) is 11.4 Å². The van der Waals surface area contributed by atoms with Crippen LogP contribution in [0.3, 0.4) is 0 Å². The quantitative estimate of drug-likeness (QED) is 0.215. The number of nitrogens with one attached hydrogen (secondary N) is 1. The van der Waals surface area contributed by atoms with E-state index in [4.69, 9.17) is 16.2 Å². The third kappa shape index (κ3) is 7.19. The summed E-state index contributed by atoms with van der Waals surface area (Å²) in [5.41, 5.74) is 12.2. The average molecular weight is 603 g/mol. The van der Waals surface area contributed by atoms with Crippen LogP contribution in [0, 0.1) is 11.7 Å². The number of nitrogens with two attached hydrogens (primary N) is 2. The van der Waals surface area contributed by atoms with Crippen molar-refractivity contribution in [2.45, 2.75) is 38.8 Å². The molecule has 5 N–H and O–H groups in total. The number of anilines is 2. The van der Waals surface area contributed by atoms with Crippen LogP contribution >= 0.6 is 11.8 Å². The highest BCUT2D eigenvalue weighted by Gasteiger charge is 2.41. The molecule has 2 aromatic rings. The van der Waals surface area contributed by atoms with Crippen LogP contribution < -0.4 is 26.4 Å². The summed E-state index contributed by atoms with van der Waals surface area (Å²) in [5, 5.41) is 4.44. The summed E-state index contributed by atoms with van der Waals surface area (Å²) in [4.78, 5) is 16.0. The van der Waals surface area contributed by atoms with E-state index in [0.717, 1.165) is 29.0 Å². The number of para-hydroxylation sites is 1. The van der Waals surface area contributed by atoms with Crippen LogP contribution in [-0.2, 0) is 11.0 Å². The van der Waals surface area contributed by atoms with E-state index in [-0.39, 0.29) is 29.6 Å². The molecule has 224 valence electrons. The van der Waals surface area contributed by atoms with Crippen molar-refractivity contribution < 1.29 is 27.1 Å². The van der Waals surface area contributed by atoms with Gasteiger partial charge in [-0.1, -0.05) is 36.0 Å². The Balaban J connectivity index is 1.75. The second-order valence-corrected chi connectivity index (χ2v) is 11.1. The molecular formula is C31H34F4N4O2S. The van der Waals surface area contributed by atoms with Crippen molar-refractivity contribution in [3.05, 3.63) is 93.7 Å². The van der Waals surface area contributed by atoms with Crippen molar-refractivity contribution in [1.82, 2.24) is 0 Å². The van der Waals surface area contributed by atoms with Gasteiger partial charge in [-0.3, -0.25) is 4.79 Å². The molecule has 0 unspecified atom stereocenters. The molecule has 2 heterocycles. The monoisotopic (exact) mass is 602 g/mol. The lowest BCUT2D eigenvalue weighted by molar-refractivity contribution is -0.138. The lowest BCUT2D eigenvalue weighted by atomic mass is 9.96. The Kier molecular flexibility index (Phi) is 10.1. The summed E-state index contributed by atoms with van der Waals surface area (Å²) in [6.07, 6.45) is 0.555. The zero-order valence-electron chi connectivity index (χ0n) is 23.3. The first-order valence-corrected chi connectivity index (χ1v) is 14.5. The van der Waals surface area contributed by atoms with Gasteiger partial charge < -0.3 is 26.4 Å². The molecule has 11 heteroatoms. The number of amides is 1. The molecule has 1 saturated heterocycles. The minimum absolute atomic E-state index is 0.0126. The molecule has 2 aliphatic rings. The highest BCUT2D eigenvalue weighted by Crippen LogP contribution is 2.49. The topological polar surface area (TPSA) is 93.6 Å². The number of halogens is 4. The number of alkyl halides is 3. The predicted molar refractivity (Wildman–Crippen MR) is 161 cm³/mol. The van der Waals surface area contributed by atoms with E-state index in [0.29, 0.717) is 43.5 Å². The molecular weight excluding hydrogens is 568 g/mol. The maximum absolute atomic E-state index is 14.8. The molecule has 4 rings (SSSR count). The minimum Gasteiger partial charge on any atom is -0.454 e. The number of benzene rings is 2. The standard InChI is InChI=1S/C31H34F4N4O2S/c1-19-9-10-22(18-42-29(19)20(2)13-14-36)30(40)38-24-11-12-26(41-25-8-4-3-7-23(25)32)27(31(33,34)35)28(24)39-15-5-6-21(16-37)17-39/h3-4,7-8,11-14,18,21H,2,5-6,9-10,15-17,36-37H2,1H3,(H,38,40)/b14-13-/t21-/m0/s1. The number of thioether (sulfide) groups is 1. The van der Waals surface area contributed by atoms with Crippen LogP contribution in [-0.4, -0.2) is 25.5 Å². The van der Waals surface area contributed by atoms with Gasteiger partial charge in [-0.05, 0) is 92.6 Å². The molecule has 42 heavy (non-hydrogen) atoms. The van der Waals surface area contributed by atoms with Gasteiger partial charge in [0.1, 0.15) is 11.3 Å². The number of allylic oxidation sites excluding steroid dienone is 3. The van der Waals surface area contributed by atoms with Gasteiger partial charge in [-0.25, -0.2) is 4.39 Å². The summed E-state index contributed by atoms with van der Waals surface area (Å²) in [7, 11) is 0. The lowest BCUT2D eigenvalue weighted by Crippen LogP contribution is -2.40. The van der Waals surface area contributed by atoms with Crippen LogP contribution in [0.4, 0.5) is 28.9 Å². The highest BCUT2D eigenvalue weighted by molar-refractivity contribution is 8.06. The fourth-order valence-corrected chi connectivity index (χ4v) is 6.11. The Morgan fingerprint density at radius 3 is 2.67 bits per heavy atom. The van der Waals surface area contributed by atoms with Crippen molar-refractivity contribution in [3.8, 4) is 11.5 Å². The summed E-state index contributed by atoms with van der Waals surface area (Å²) < 4.78 is 64.3. The lowest BCUT2D eigenvalue weighted by Gasteiger charge is -2.37. The number of hydrogen-bond donors (Lipinski definition) is 3. The predicted octanol–water partition coefficient (Wildman–Crippen LogP) is 7.46. The first kappa shape index (κ1) is 31.2. The molecule has 0 aliphatic carbocycles. The Hall–Kier alpha value is -3.70. The molecule has 1 fully saturated rings. The Labute approximate surface area is 247 Å². The number of carbonyl (C=O) groups excluding carboxylic acids is 1. The zero-order valence-corrected chi connectivity index (χ0v) is 24.1. The first-order valence-electron chi connectivity index (χ1n) is 13.6. The van der Waals surface area contributed by atoms with E-state index in [9.17, 15) is 22.4 Å². The second kappa shape index (κ2) is 13.5. The minimum atomic E-state index is -4.88. The molecule has 1 atom stereocenters. The molecule has 1 amide bonds. The van der Waals surface area contributed by atoms with Gasteiger partial charge in [0.25, 0.3) is 5.91 Å². The maximum atomic E-state index is 14.8. The van der Waals surface area contributed by atoms with E-state index in [2.05, 4.69) is 11.9 Å². The number of rotatable bonds is 8. The first-order chi connectivity index (χ1) is 20.0. The van der Waals surface area contributed by atoms with Gasteiger partial charge >= 0.3 is 6.18 Å². The Morgan fingerprint density at radius 2 is 1.98 bits per heavy atom. The van der Waals surface area contributed by atoms with Crippen LogP contribution in [0.5, 0.6) is 11.5 Å². The van der Waals surface area contributed by atoms with Crippen molar-refractivity contribution in [3.63, 3.8) is 0 Å². The van der Waals surface area contributed by atoms with Gasteiger partial charge in [-0.15, -0.1) is 0 Å². The van der Waals surface area contributed by atoms with Crippen LogP contribution in [0.2, 0.25) is 0 Å². The smallest absolute Gasteiger partial charge is 0.422 e. The third-order valence-corrected chi connectivity index (χ3v) is 8.50. The van der Waals surface area contributed by atoms with Gasteiger partial charge in [0.2, 0.25) is 0 Å². The molecule has 2 aromatic carbocycles. The summed E-state index contributed by atoms with van der Waals surface area (Å²) in [5.74, 6) is -2.23. The number of ether oxygens (including phenoxy) is 1. The normalized spacial score (nSPS) is 18.1. The van der Waals surface area contributed by atoms with Crippen molar-refractivity contribution in [2.24, 2.45) is 17.4 Å². The Bertz CT molecular complexity index is 1430. The Morgan fingerprint density at radius 1 is 1.21 bits per heavy atom. The van der Waals surface area contributed by atoms with Gasteiger partial charge in [0.15, 0.2) is 11.6 Å². The molecule has 2 aliphatic heterocycles. The van der Waals surface area contributed by atoms with E-state index in [1.54, 1.807) is 16.4 Å². The number of piperidine rings is 1. The molecule has 0 radical (unpaired) electrons. The number of nitrogens with zero attached hydrogens (tertiary/aromatic N) is 1. The highest BCUT2D eigenvalue weighted by atomic mass is 32.2. The maximum Gasteiger partial charge on any atom is 0.422 e. The average Bonchev–Trinajstić information content (AvgIpc) is 3.16. The van der Waals surface area contributed by atoms with Crippen molar-refractivity contribution >= 4 is 29.0 Å². The van der Waals surface area contributed by atoms with Crippen molar-refractivity contribution in [2.75, 3.05) is 29.9 Å². The number of hydrogen-bond acceptors (Lipinski definition) is 6. The third-order valence-electron chi connectivity index (χ3n) is 7.25. The summed E-state index contributed by atoms with van der Waals surface area (Å²) in [6, 6.07) is 7.74. The van der Waals surface area contributed by atoms with Gasteiger partial charge in [-0.2, -0.15) is 13.2 Å². The van der Waals surface area contributed by atoms with E-state index in [1.165, 1.54) is 42.2 Å². The number of carbonyl (C=O) groups is 1. The van der Waals surface area contributed by atoms with E-state index >= 15 is 0 Å². The molecule has 0 bridgehead atoms. The fraction of sp³-hybridized carbons (Fsp3) is 0.323. The molecule has 0 saturated carbocycles. The SMILES string of the molecule is C=C(/C=C\N)C1=C(C)CCC(C(=O)Nc2ccc(Oc3ccccc3F)c(C(F)(F)F)c2N2CCC[C@@H](CN)C2)=CS1. The van der Waals surface area contributed by atoms with Crippen LogP contribution in [0.1, 0.15) is 38.2 Å². The summed E-state index contributed by atoms with van der Waals surface area (Å²) in [6.45, 7) is 6.87. The van der Waals surface area contributed by atoms with Crippen LogP contribution in [0.15, 0.2) is 82.3 Å². The second-order valence-electron chi connectivity index (χ2n) is 10.3.